The molecule has 0 aromatic carbocycles. The van der Waals surface area contributed by atoms with Gasteiger partial charge in [-0.25, -0.2) is 0 Å². The highest BCUT2D eigenvalue weighted by Gasteiger charge is 2.30. The van der Waals surface area contributed by atoms with Gasteiger partial charge in [0.05, 0.1) is 0 Å². The number of rotatable bonds is 0. The van der Waals surface area contributed by atoms with Crippen molar-refractivity contribution < 1.29 is 0 Å². The highest BCUT2D eigenvalue weighted by atomic mass is 14.3. The zero-order valence-electron chi connectivity index (χ0n) is 7.72. The molecule has 0 nitrogen and oxygen atoms in total. The molecule has 0 amide bonds. The minimum Gasteiger partial charge on any atom is -0.129 e. The van der Waals surface area contributed by atoms with Crippen molar-refractivity contribution >= 4 is 0 Å². The summed E-state index contributed by atoms with van der Waals surface area (Å²) < 4.78 is 0. The van der Waals surface area contributed by atoms with Gasteiger partial charge in [0.25, 0.3) is 0 Å². The van der Waals surface area contributed by atoms with Crippen LogP contribution in [-0.2, 0) is 0 Å². The van der Waals surface area contributed by atoms with Crippen LogP contribution in [0.2, 0.25) is 0 Å². The van der Waals surface area contributed by atoms with Crippen LogP contribution in [0.25, 0.3) is 0 Å². The Kier molecular flexibility index (Phi) is 3.13. The normalized spacial score (nSPS) is 29.2. The first kappa shape index (κ1) is 9.09. The minimum atomic E-state index is 0.715. The molecule has 2 rings (SSSR count). The first-order valence-corrected chi connectivity index (χ1v) is 4.46. The largest absolute Gasteiger partial charge is 0.129 e. The van der Waals surface area contributed by atoms with Gasteiger partial charge in [0.2, 0.25) is 0 Å². The summed E-state index contributed by atoms with van der Waals surface area (Å²) in [4.78, 5) is 0. The molecule has 1 fully saturated rings. The van der Waals surface area contributed by atoms with Crippen molar-refractivity contribution in [3.8, 4) is 0 Å². The summed E-state index contributed by atoms with van der Waals surface area (Å²) in [6.07, 6.45) is 8.93. The maximum absolute atomic E-state index is 3.67. The second kappa shape index (κ2) is 4.13. The lowest BCUT2D eigenvalue weighted by Crippen LogP contribution is -1.89. The fourth-order valence-corrected chi connectivity index (χ4v) is 1.82. The lowest BCUT2D eigenvalue weighted by Gasteiger charge is -2.02. The minimum absolute atomic E-state index is 0.715. The maximum Gasteiger partial charge on any atom is 0.00585 e. The molecular weight excluding hydrogens is 144 g/mol. The van der Waals surface area contributed by atoms with Crippen LogP contribution >= 0.6 is 0 Å². The van der Waals surface area contributed by atoms with Gasteiger partial charge in [-0.15, -0.1) is 12.3 Å². The van der Waals surface area contributed by atoms with E-state index in [0.717, 1.165) is 5.92 Å². The van der Waals surface area contributed by atoms with Crippen molar-refractivity contribution in [1.82, 2.24) is 0 Å². The molecule has 0 spiro atoms. The van der Waals surface area contributed by atoms with Crippen molar-refractivity contribution in [2.45, 2.75) is 19.8 Å². The Bertz CT molecular complexity index is 239. The molecule has 0 radical (unpaired) electrons. The average Bonchev–Trinajstić information content (AvgIpc) is 2.65. The first-order chi connectivity index (χ1) is 5.81. The van der Waals surface area contributed by atoms with Crippen LogP contribution in [0.1, 0.15) is 19.8 Å². The molecular formula is C12H16. The molecule has 12 heavy (non-hydrogen) atoms. The highest BCUT2D eigenvalue weighted by Crippen LogP contribution is 2.42. The number of fused-ring (bicyclic) bond motifs is 2. The molecule has 2 bridgehead atoms. The second-order valence-corrected chi connectivity index (χ2v) is 3.30. The predicted octanol–water partition coefficient (Wildman–Crippen LogP) is 3.49. The van der Waals surface area contributed by atoms with Crippen molar-refractivity contribution in [3.63, 3.8) is 0 Å². The molecule has 0 heteroatoms. The predicted molar refractivity (Wildman–Crippen MR) is 53.9 cm³/mol. The van der Waals surface area contributed by atoms with Gasteiger partial charge >= 0.3 is 0 Å². The van der Waals surface area contributed by atoms with Crippen LogP contribution in [0.15, 0.2) is 42.7 Å². The molecule has 0 aromatic heterocycles. The van der Waals surface area contributed by atoms with E-state index >= 15 is 0 Å². The van der Waals surface area contributed by atoms with Crippen molar-refractivity contribution in [1.29, 1.82) is 0 Å². The zero-order chi connectivity index (χ0) is 8.97. The Labute approximate surface area is 75.0 Å². The third-order valence-electron chi connectivity index (χ3n) is 2.33. The lowest BCUT2D eigenvalue weighted by atomic mass is 10.0. The van der Waals surface area contributed by atoms with Gasteiger partial charge < -0.3 is 0 Å². The topological polar surface area (TPSA) is 0 Å². The number of hydrogen-bond acceptors (Lipinski definition) is 0. The van der Waals surface area contributed by atoms with Crippen LogP contribution in [0.4, 0.5) is 0 Å². The van der Waals surface area contributed by atoms with E-state index in [9.17, 15) is 0 Å². The maximum atomic E-state index is 3.67. The van der Waals surface area contributed by atoms with Gasteiger partial charge in [-0.05, 0) is 31.3 Å². The van der Waals surface area contributed by atoms with Crippen LogP contribution in [0, 0.1) is 11.8 Å². The zero-order valence-corrected chi connectivity index (χ0v) is 7.72. The summed E-state index contributed by atoms with van der Waals surface area (Å²) in [5.74, 6) is 1.55. The van der Waals surface area contributed by atoms with E-state index in [1.165, 1.54) is 18.4 Å². The highest BCUT2D eigenvalue weighted by molar-refractivity contribution is 5.25. The van der Waals surface area contributed by atoms with E-state index in [0.29, 0.717) is 5.92 Å². The first-order valence-electron chi connectivity index (χ1n) is 4.46. The molecule has 0 aromatic rings. The summed E-state index contributed by atoms with van der Waals surface area (Å²) >= 11 is 0. The van der Waals surface area contributed by atoms with Crippen LogP contribution in [0.3, 0.4) is 0 Å². The smallest absolute Gasteiger partial charge is 0.00585 e. The Hall–Kier alpha value is -1.00. The summed E-state index contributed by atoms with van der Waals surface area (Å²) in [5.41, 5.74) is 4.44. The van der Waals surface area contributed by atoms with E-state index in [1.54, 1.807) is 6.08 Å². The van der Waals surface area contributed by atoms with Crippen molar-refractivity contribution in [2.75, 3.05) is 0 Å². The fraction of sp³-hybridized carbons (Fsp3) is 0.417. The number of hydrogen-bond donors (Lipinski definition) is 0. The number of allylic oxidation sites excluding steroid dienone is 4. The van der Waals surface area contributed by atoms with Gasteiger partial charge in [0, 0.05) is 5.92 Å². The van der Waals surface area contributed by atoms with Crippen LogP contribution in [0.5, 0.6) is 0 Å². The molecule has 0 N–H and O–H groups in total. The quantitative estimate of drug-likeness (QED) is 0.376. The molecule has 0 saturated heterocycles. The summed E-state index contributed by atoms with van der Waals surface area (Å²) in [7, 11) is 0. The van der Waals surface area contributed by atoms with E-state index in [1.807, 2.05) is 6.92 Å². The van der Waals surface area contributed by atoms with Gasteiger partial charge in [-0.1, -0.05) is 24.8 Å². The molecule has 64 valence electrons. The monoisotopic (exact) mass is 160 g/mol. The third kappa shape index (κ3) is 1.78. The van der Waals surface area contributed by atoms with Crippen molar-refractivity contribution in [2.24, 2.45) is 11.8 Å². The Morgan fingerprint density at radius 1 is 1.58 bits per heavy atom. The second-order valence-electron chi connectivity index (χ2n) is 3.30. The summed E-state index contributed by atoms with van der Waals surface area (Å²) in [6.45, 7) is 8.92. The molecule has 0 aliphatic heterocycles. The third-order valence-corrected chi connectivity index (χ3v) is 2.33. The summed E-state index contributed by atoms with van der Waals surface area (Å²) in [5, 5.41) is 0. The van der Waals surface area contributed by atoms with E-state index in [2.05, 4.69) is 31.0 Å². The Balaban J connectivity index is 0.000000213. The van der Waals surface area contributed by atoms with E-state index in [4.69, 9.17) is 0 Å². The van der Waals surface area contributed by atoms with Gasteiger partial charge in [-0.3, -0.25) is 0 Å². The van der Waals surface area contributed by atoms with Gasteiger partial charge in [-0.2, -0.15) is 0 Å². The fourth-order valence-electron chi connectivity index (χ4n) is 1.82. The standard InChI is InChI=1S/C9H10.C3H6/c1-2-8-5-7-3-4-9(8)6-7;1-3-2/h3-4,7,9H,1,5-6H2;3H,1H2,2H3. The van der Waals surface area contributed by atoms with E-state index < -0.39 is 0 Å². The lowest BCUT2D eigenvalue weighted by molar-refractivity contribution is 0.693. The van der Waals surface area contributed by atoms with Crippen molar-refractivity contribution in [3.05, 3.63) is 42.7 Å². The van der Waals surface area contributed by atoms with Gasteiger partial charge in [0.1, 0.15) is 0 Å². The molecule has 1 saturated carbocycles. The van der Waals surface area contributed by atoms with Gasteiger partial charge in [0.15, 0.2) is 0 Å². The van der Waals surface area contributed by atoms with Crippen LogP contribution in [-0.4, -0.2) is 0 Å². The molecule has 2 aliphatic carbocycles. The molecule has 2 unspecified atom stereocenters. The molecule has 2 atom stereocenters. The van der Waals surface area contributed by atoms with E-state index in [-0.39, 0.29) is 0 Å². The van der Waals surface area contributed by atoms with Crippen LogP contribution < -0.4 is 0 Å². The SMILES string of the molecule is C=C=C1CC2C=CC1C2.C=CC. The summed E-state index contributed by atoms with van der Waals surface area (Å²) in [6, 6.07) is 0. The molecule has 0 heterocycles. The Morgan fingerprint density at radius 2 is 2.25 bits per heavy atom. The average molecular weight is 160 g/mol. The Morgan fingerprint density at radius 3 is 2.50 bits per heavy atom. The molecule has 2 aliphatic rings.